The van der Waals surface area contributed by atoms with Crippen LogP contribution in [-0.2, 0) is 11.8 Å². The number of aliphatic hydroxyl groups excluding tert-OH is 1. The van der Waals surface area contributed by atoms with Crippen LogP contribution in [0.4, 0.5) is 0 Å². The number of aliphatic hydroxyl groups is 1. The van der Waals surface area contributed by atoms with Crippen LogP contribution in [0.25, 0.3) is 0 Å². The number of fused-ring (bicyclic) bond motifs is 1. The van der Waals surface area contributed by atoms with Gasteiger partial charge in [-0.25, -0.2) is 0 Å². The second-order valence-electron chi connectivity index (χ2n) is 6.69. The van der Waals surface area contributed by atoms with Crippen molar-refractivity contribution in [2.24, 2.45) is 0 Å². The summed E-state index contributed by atoms with van der Waals surface area (Å²) >= 11 is 0. The Morgan fingerprint density at radius 2 is 1.88 bits per heavy atom. The van der Waals surface area contributed by atoms with E-state index in [1.165, 1.54) is 0 Å². The number of amides is 1. The van der Waals surface area contributed by atoms with Crippen molar-refractivity contribution in [2.75, 3.05) is 0 Å². The van der Waals surface area contributed by atoms with E-state index in [1.54, 1.807) is 12.1 Å². The van der Waals surface area contributed by atoms with Gasteiger partial charge in [0.05, 0.1) is 23.6 Å². The van der Waals surface area contributed by atoms with Crippen molar-refractivity contribution in [3.63, 3.8) is 0 Å². The number of rotatable bonds is 3. The zero-order valence-corrected chi connectivity index (χ0v) is 13.2. The van der Waals surface area contributed by atoms with E-state index in [0.717, 1.165) is 29.5 Å². The standard InChI is InChI=1S/C20H18N2O2/c21-12-20(9-10-20)15-7-5-13(6-8-15)19(24)22-18-16-4-2-1-3-14(16)11-17(18)23/h1-8,17-18,23H,9-11H2,(H,22,24). The van der Waals surface area contributed by atoms with Gasteiger partial charge in [0.1, 0.15) is 0 Å². The number of carbonyl (C=O) groups excluding carboxylic acids is 1. The molecule has 0 radical (unpaired) electrons. The lowest BCUT2D eigenvalue weighted by molar-refractivity contribution is 0.0858. The molecule has 0 aromatic heterocycles. The van der Waals surface area contributed by atoms with Crippen molar-refractivity contribution in [3.8, 4) is 6.07 Å². The molecule has 2 aliphatic carbocycles. The summed E-state index contributed by atoms with van der Waals surface area (Å²) in [6.07, 6.45) is 1.74. The Balaban J connectivity index is 1.52. The maximum Gasteiger partial charge on any atom is 0.251 e. The van der Waals surface area contributed by atoms with Gasteiger partial charge < -0.3 is 10.4 Å². The van der Waals surface area contributed by atoms with Gasteiger partial charge in [-0.1, -0.05) is 36.4 Å². The summed E-state index contributed by atoms with van der Waals surface area (Å²) in [5, 5.41) is 22.4. The monoisotopic (exact) mass is 318 g/mol. The van der Waals surface area contributed by atoms with Crippen molar-refractivity contribution >= 4 is 5.91 Å². The Kier molecular flexibility index (Phi) is 3.40. The van der Waals surface area contributed by atoms with Gasteiger partial charge in [-0.05, 0) is 41.7 Å². The number of nitriles is 1. The van der Waals surface area contributed by atoms with Gasteiger partial charge in [-0.2, -0.15) is 5.26 Å². The van der Waals surface area contributed by atoms with E-state index < -0.39 is 6.10 Å². The third-order valence-electron chi connectivity index (χ3n) is 5.15. The van der Waals surface area contributed by atoms with E-state index >= 15 is 0 Å². The van der Waals surface area contributed by atoms with Crippen molar-refractivity contribution in [3.05, 3.63) is 70.8 Å². The molecule has 24 heavy (non-hydrogen) atoms. The first kappa shape index (κ1) is 14.9. The van der Waals surface area contributed by atoms with E-state index in [0.29, 0.717) is 12.0 Å². The minimum absolute atomic E-state index is 0.205. The van der Waals surface area contributed by atoms with Crippen LogP contribution >= 0.6 is 0 Å². The maximum absolute atomic E-state index is 12.5. The van der Waals surface area contributed by atoms with Crippen LogP contribution < -0.4 is 5.32 Å². The molecule has 0 heterocycles. The molecule has 1 saturated carbocycles. The zero-order valence-electron chi connectivity index (χ0n) is 13.2. The molecule has 2 atom stereocenters. The summed E-state index contributed by atoms with van der Waals surface area (Å²) in [6.45, 7) is 0. The molecule has 1 amide bonds. The molecule has 0 bridgehead atoms. The molecule has 1 fully saturated rings. The minimum Gasteiger partial charge on any atom is -0.390 e. The number of hydrogen-bond acceptors (Lipinski definition) is 3. The molecule has 2 aromatic carbocycles. The predicted octanol–water partition coefficient (Wildman–Crippen LogP) is 2.63. The maximum atomic E-state index is 12.5. The first-order valence-corrected chi connectivity index (χ1v) is 8.21. The second kappa shape index (κ2) is 5.47. The molecule has 2 aliphatic rings. The summed E-state index contributed by atoms with van der Waals surface area (Å²) in [6, 6.07) is 17.0. The fourth-order valence-corrected chi connectivity index (χ4v) is 3.50. The minimum atomic E-state index is -0.598. The molecular weight excluding hydrogens is 300 g/mol. The predicted molar refractivity (Wildman–Crippen MR) is 89.3 cm³/mol. The molecule has 0 spiro atoms. The fourth-order valence-electron chi connectivity index (χ4n) is 3.50. The Morgan fingerprint density at radius 3 is 2.54 bits per heavy atom. The van der Waals surface area contributed by atoms with Crippen LogP contribution in [0.15, 0.2) is 48.5 Å². The molecule has 2 unspecified atom stereocenters. The highest BCUT2D eigenvalue weighted by atomic mass is 16.3. The number of nitrogens with one attached hydrogen (secondary N) is 1. The molecule has 4 rings (SSSR count). The fraction of sp³-hybridized carbons (Fsp3) is 0.300. The lowest BCUT2D eigenvalue weighted by Gasteiger charge is -2.18. The molecule has 2 aromatic rings. The van der Waals surface area contributed by atoms with E-state index in [-0.39, 0.29) is 17.4 Å². The number of benzene rings is 2. The summed E-state index contributed by atoms with van der Waals surface area (Å²) in [7, 11) is 0. The van der Waals surface area contributed by atoms with Crippen LogP contribution in [0.5, 0.6) is 0 Å². The smallest absolute Gasteiger partial charge is 0.251 e. The Morgan fingerprint density at radius 1 is 1.17 bits per heavy atom. The van der Waals surface area contributed by atoms with Gasteiger partial charge in [0.15, 0.2) is 0 Å². The third-order valence-corrected chi connectivity index (χ3v) is 5.15. The topological polar surface area (TPSA) is 73.1 Å². The molecule has 120 valence electrons. The second-order valence-corrected chi connectivity index (χ2v) is 6.69. The highest BCUT2D eigenvalue weighted by molar-refractivity contribution is 5.94. The van der Waals surface area contributed by atoms with Gasteiger partial charge in [0.25, 0.3) is 5.91 Å². The molecule has 4 heteroatoms. The summed E-state index contributed by atoms with van der Waals surface area (Å²) in [4.78, 5) is 12.5. The average Bonchev–Trinajstić information content (AvgIpc) is 3.35. The Labute approximate surface area is 140 Å². The molecule has 2 N–H and O–H groups in total. The lowest BCUT2D eigenvalue weighted by atomic mass is 9.96. The highest BCUT2D eigenvalue weighted by Crippen LogP contribution is 2.47. The normalized spacial score (nSPS) is 23.2. The van der Waals surface area contributed by atoms with Crippen LogP contribution in [0.2, 0.25) is 0 Å². The largest absolute Gasteiger partial charge is 0.390 e. The van der Waals surface area contributed by atoms with Crippen LogP contribution in [0.3, 0.4) is 0 Å². The van der Waals surface area contributed by atoms with Gasteiger partial charge >= 0.3 is 0 Å². The van der Waals surface area contributed by atoms with E-state index in [1.807, 2.05) is 36.4 Å². The van der Waals surface area contributed by atoms with Gasteiger partial charge in [0, 0.05) is 12.0 Å². The van der Waals surface area contributed by atoms with Crippen molar-refractivity contribution < 1.29 is 9.90 Å². The van der Waals surface area contributed by atoms with Gasteiger partial charge in [-0.3, -0.25) is 4.79 Å². The first-order chi connectivity index (χ1) is 11.6. The molecule has 4 nitrogen and oxygen atoms in total. The van der Waals surface area contributed by atoms with E-state index in [9.17, 15) is 15.2 Å². The summed E-state index contributed by atoms with van der Waals surface area (Å²) < 4.78 is 0. The average molecular weight is 318 g/mol. The van der Waals surface area contributed by atoms with Crippen molar-refractivity contribution in [1.82, 2.24) is 5.32 Å². The summed E-state index contributed by atoms with van der Waals surface area (Å²) in [5.41, 5.74) is 3.25. The van der Waals surface area contributed by atoms with Crippen molar-refractivity contribution in [1.29, 1.82) is 5.26 Å². The van der Waals surface area contributed by atoms with Gasteiger partial charge in [-0.15, -0.1) is 0 Å². The summed E-state index contributed by atoms with van der Waals surface area (Å²) in [5.74, 6) is -0.205. The quantitative estimate of drug-likeness (QED) is 0.913. The van der Waals surface area contributed by atoms with Crippen LogP contribution in [0.1, 0.15) is 45.9 Å². The number of nitrogens with zero attached hydrogens (tertiary/aromatic N) is 1. The number of hydrogen-bond donors (Lipinski definition) is 2. The SMILES string of the molecule is N#CC1(c2ccc(C(=O)NC3c4ccccc4CC3O)cc2)CC1. The first-order valence-electron chi connectivity index (χ1n) is 8.21. The molecule has 0 aliphatic heterocycles. The lowest BCUT2D eigenvalue weighted by Crippen LogP contribution is -2.33. The highest BCUT2D eigenvalue weighted by Gasteiger charge is 2.44. The molecular formula is C20H18N2O2. The molecule has 0 saturated heterocycles. The van der Waals surface area contributed by atoms with E-state index in [4.69, 9.17) is 0 Å². The Bertz CT molecular complexity index is 831. The van der Waals surface area contributed by atoms with Crippen LogP contribution in [-0.4, -0.2) is 17.1 Å². The third kappa shape index (κ3) is 2.38. The number of carbonyl (C=O) groups is 1. The van der Waals surface area contributed by atoms with Crippen LogP contribution in [0, 0.1) is 11.3 Å². The van der Waals surface area contributed by atoms with Gasteiger partial charge in [0.2, 0.25) is 0 Å². The van der Waals surface area contributed by atoms with E-state index in [2.05, 4.69) is 11.4 Å². The van der Waals surface area contributed by atoms with Crippen molar-refractivity contribution in [2.45, 2.75) is 36.8 Å². The Hall–Kier alpha value is -2.64. The zero-order chi connectivity index (χ0) is 16.7.